The van der Waals surface area contributed by atoms with Crippen molar-refractivity contribution in [2.24, 2.45) is 0 Å². The average molecular weight is 350 g/mol. The van der Waals surface area contributed by atoms with Gasteiger partial charge in [0, 0.05) is 11.6 Å². The summed E-state index contributed by atoms with van der Waals surface area (Å²) in [5.74, 6) is 0.163. The topological polar surface area (TPSA) is 38.3 Å². The molecule has 1 N–H and O–H groups in total. The molecule has 0 aliphatic heterocycles. The second kappa shape index (κ2) is 8.15. The molecule has 3 nitrogen and oxygen atoms in total. The molecule has 24 heavy (non-hydrogen) atoms. The van der Waals surface area contributed by atoms with Crippen LogP contribution in [0, 0.1) is 19.7 Å². The van der Waals surface area contributed by atoms with E-state index >= 15 is 0 Å². The van der Waals surface area contributed by atoms with Crippen LogP contribution in [0.4, 0.5) is 4.39 Å². The molecule has 0 heterocycles. The molecule has 0 aromatic heterocycles. The highest BCUT2D eigenvalue weighted by Gasteiger charge is 2.15. The number of halogens is 2. The van der Waals surface area contributed by atoms with E-state index in [0.29, 0.717) is 23.7 Å². The van der Waals surface area contributed by atoms with E-state index in [9.17, 15) is 9.18 Å². The van der Waals surface area contributed by atoms with Crippen LogP contribution in [0.15, 0.2) is 36.4 Å². The normalized spacial score (nSPS) is 11.9. The molecule has 2 rings (SSSR count). The lowest BCUT2D eigenvalue weighted by atomic mass is 10.1. The number of carbonyl (C=O) groups is 1. The Morgan fingerprint density at radius 3 is 2.38 bits per heavy atom. The van der Waals surface area contributed by atoms with Crippen molar-refractivity contribution in [3.63, 3.8) is 0 Å². The van der Waals surface area contributed by atoms with Gasteiger partial charge in [-0.3, -0.25) is 4.79 Å². The van der Waals surface area contributed by atoms with Crippen LogP contribution in [-0.4, -0.2) is 18.6 Å². The fraction of sp³-hybridized carbons (Fsp3) is 0.316. The molecule has 0 bridgehead atoms. The Morgan fingerprint density at radius 2 is 1.79 bits per heavy atom. The van der Waals surface area contributed by atoms with Crippen molar-refractivity contribution in [2.45, 2.75) is 33.3 Å². The van der Waals surface area contributed by atoms with E-state index in [0.717, 1.165) is 16.7 Å². The lowest BCUT2D eigenvalue weighted by molar-refractivity contribution is -0.127. The van der Waals surface area contributed by atoms with Crippen molar-refractivity contribution in [3.05, 3.63) is 63.9 Å². The number of benzene rings is 2. The van der Waals surface area contributed by atoms with Crippen molar-refractivity contribution < 1.29 is 13.9 Å². The Bertz CT molecular complexity index is 693. The standard InChI is InChI=1S/C19H21ClFNO2/c1-12-10-17(11-13(2)18(12)20)24-14(3)19(23)22-9-8-15-4-6-16(21)7-5-15/h4-7,10-11,14H,8-9H2,1-3H3,(H,22,23)/t14-/m0/s1. The second-order valence-corrected chi connectivity index (χ2v) is 6.18. The summed E-state index contributed by atoms with van der Waals surface area (Å²) in [6, 6.07) is 9.87. The van der Waals surface area contributed by atoms with Gasteiger partial charge in [0.2, 0.25) is 0 Å². The van der Waals surface area contributed by atoms with Crippen LogP contribution in [0.5, 0.6) is 5.75 Å². The molecular formula is C19H21ClFNO2. The summed E-state index contributed by atoms with van der Waals surface area (Å²) in [5.41, 5.74) is 2.79. The Kier molecular flexibility index (Phi) is 6.21. The first-order valence-corrected chi connectivity index (χ1v) is 8.20. The van der Waals surface area contributed by atoms with Gasteiger partial charge >= 0.3 is 0 Å². The molecule has 0 aliphatic carbocycles. The zero-order valence-electron chi connectivity index (χ0n) is 14.0. The molecule has 0 radical (unpaired) electrons. The molecule has 5 heteroatoms. The molecule has 0 saturated heterocycles. The number of amides is 1. The van der Waals surface area contributed by atoms with Crippen molar-refractivity contribution in [2.75, 3.05) is 6.54 Å². The predicted octanol–water partition coefficient (Wildman–Crippen LogP) is 4.22. The minimum atomic E-state index is -0.613. The van der Waals surface area contributed by atoms with Crippen LogP contribution in [0.25, 0.3) is 0 Å². The van der Waals surface area contributed by atoms with E-state index in [2.05, 4.69) is 5.32 Å². The molecule has 1 amide bonds. The fourth-order valence-corrected chi connectivity index (χ4v) is 2.47. The number of aryl methyl sites for hydroxylation is 2. The fourth-order valence-electron chi connectivity index (χ4n) is 2.36. The molecule has 0 fully saturated rings. The van der Waals surface area contributed by atoms with Crippen LogP contribution in [-0.2, 0) is 11.2 Å². The van der Waals surface area contributed by atoms with E-state index in [-0.39, 0.29) is 11.7 Å². The van der Waals surface area contributed by atoms with Crippen LogP contribution in [0.3, 0.4) is 0 Å². The average Bonchev–Trinajstić information content (AvgIpc) is 2.54. The van der Waals surface area contributed by atoms with Crippen molar-refractivity contribution >= 4 is 17.5 Å². The first kappa shape index (κ1) is 18.3. The van der Waals surface area contributed by atoms with Crippen molar-refractivity contribution in [1.29, 1.82) is 0 Å². The molecule has 0 unspecified atom stereocenters. The number of nitrogens with one attached hydrogen (secondary N) is 1. The van der Waals surface area contributed by atoms with E-state index in [1.54, 1.807) is 19.1 Å². The molecule has 2 aromatic carbocycles. The van der Waals surface area contributed by atoms with Crippen molar-refractivity contribution in [1.82, 2.24) is 5.32 Å². The maximum atomic E-state index is 12.8. The Balaban J connectivity index is 1.85. The third-order valence-corrected chi connectivity index (χ3v) is 4.31. The SMILES string of the molecule is Cc1cc(O[C@@H](C)C(=O)NCCc2ccc(F)cc2)cc(C)c1Cl. The maximum Gasteiger partial charge on any atom is 0.260 e. The van der Waals surface area contributed by atoms with Gasteiger partial charge < -0.3 is 10.1 Å². The van der Waals surface area contributed by atoms with Crippen LogP contribution in [0.1, 0.15) is 23.6 Å². The largest absolute Gasteiger partial charge is 0.481 e. The summed E-state index contributed by atoms with van der Waals surface area (Å²) in [6.45, 7) is 5.97. The summed E-state index contributed by atoms with van der Waals surface area (Å²) < 4.78 is 18.5. The highest BCUT2D eigenvalue weighted by molar-refractivity contribution is 6.32. The minimum Gasteiger partial charge on any atom is -0.481 e. The summed E-state index contributed by atoms with van der Waals surface area (Å²) in [7, 11) is 0. The number of hydrogen-bond donors (Lipinski definition) is 1. The summed E-state index contributed by atoms with van der Waals surface area (Å²) >= 11 is 6.13. The van der Waals surface area contributed by atoms with Gasteiger partial charge in [-0.2, -0.15) is 0 Å². The second-order valence-electron chi connectivity index (χ2n) is 5.80. The smallest absolute Gasteiger partial charge is 0.260 e. The highest BCUT2D eigenvalue weighted by atomic mass is 35.5. The Hall–Kier alpha value is -2.07. The summed E-state index contributed by atoms with van der Waals surface area (Å²) in [6.07, 6.45) is 0.0240. The van der Waals surface area contributed by atoms with Gasteiger partial charge in [-0.1, -0.05) is 23.7 Å². The van der Waals surface area contributed by atoms with Crippen LogP contribution in [0.2, 0.25) is 5.02 Å². The summed E-state index contributed by atoms with van der Waals surface area (Å²) in [5, 5.41) is 3.53. The van der Waals surface area contributed by atoms with Crippen LogP contribution >= 0.6 is 11.6 Å². The first-order chi connectivity index (χ1) is 11.4. The molecule has 128 valence electrons. The minimum absolute atomic E-state index is 0.192. The highest BCUT2D eigenvalue weighted by Crippen LogP contribution is 2.26. The zero-order valence-corrected chi connectivity index (χ0v) is 14.8. The molecule has 1 atom stereocenters. The molecular weight excluding hydrogens is 329 g/mol. The lowest BCUT2D eigenvalue weighted by Gasteiger charge is -2.16. The quantitative estimate of drug-likeness (QED) is 0.847. The first-order valence-electron chi connectivity index (χ1n) is 7.82. The molecule has 2 aromatic rings. The van der Waals surface area contributed by atoms with E-state index in [4.69, 9.17) is 16.3 Å². The summed E-state index contributed by atoms with van der Waals surface area (Å²) in [4.78, 5) is 12.1. The monoisotopic (exact) mass is 349 g/mol. The van der Waals surface area contributed by atoms with Gasteiger partial charge in [0.25, 0.3) is 5.91 Å². The van der Waals surface area contributed by atoms with Gasteiger partial charge in [0.05, 0.1) is 0 Å². The van der Waals surface area contributed by atoms with Gasteiger partial charge in [-0.05, 0) is 68.1 Å². The Labute approximate surface area is 146 Å². The zero-order chi connectivity index (χ0) is 17.7. The number of ether oxygens (including phenoxy) is 1. The van der Waals surface area contributed by atoms with Gasteiger partial charge in [-0.15, -0.1) is 0 Å². The van der Waals surface area contributed by atoms with Gasteiger partial charge in [-0.25, -0.2) is 4.39 Å². The number of rotatable bonds is 6. The van der Waals surface area contributed by atoms with E-state index in [1.165, 1.54) is 12.1 Å². The third kappa shape index (κ3) is 4.96. The van der Waals surface area contributed by atoms with Crippen LogP contribution < -0.4 is 10.1 Å². The third-order valence-electron chi connectivity index (χ3n) is 3.72. The molecule has 0 spiro atoms. The predicted molar refractivity (Wildman–Crippen MR) is 94.1 cm³/mol. The number of carbonyl (C=O) groups excluding carboxylic acids is 1. The maximum absolute atomic E-state index is 12.8. The lowest BCUT2D eigenvalue weighted by Crippen LogP contribution is -2.37. The van der Waals surface area contributed by atoms with Gasteiger partial charge in [0.15, 0.2) is 6.10 Å². The Morgan fingerprint density at radius 1 is 1.21 bits per heavy atom. The molecule has 0 saturated carbocycles. The van der Waals surface area contributed by atoms with E-state index < -0.39 is 6.10 Å². The van der Waals surface area contributed by atoms with Crippen molar-refractivity contribution in [3.8, 4) is 5.75 Å². The molecule has 0 aliphatic rings. The number of hydrogen-bond acceptors (Lipinski definition) is 2. The van der Waals surface area contributed by atoms with Gasteiger partial charge in [0.1, 0.15) is 11.6 Å². The van der Waals surface area contributed by atoms with E-state index in [1.807, 2.05) is 26.0 Å².